The molecule has 0 heterocycles. The zero-order chi connectivity index (χ0) is 7.98. The van der Waals surface area contributed by atoms with Gasteiger partial charge in [0.05, 0.1) is 0 Å². The van der Waals surface area contributed by atoms with Crippen LogP contribution in [0.1, 0.15) is 13.3 Å². The molecule has 0 fully saturated rings. The standard InChI is InChI=1S/C9H15N/c1-4-5-8(2)9(3)6-7-10/h4-5H,1,3,6-7,10H2,2H3/b8-5-. The molecule has 0 aliphatic rings. The Morgan fingerprint density at radius 1 is 1.60 bits per heavy atom. The molecule has 1 nitrogen and oxygen atoms in total. The van der Waals surface area contributed by atoms with Crippen molar-refractivity contribution >= 4 is 0 Å². The first kappa shape index (κ1) is 9.18. The van der Waals surface area contributed by atoms with Crippen LogP contribution in [-0.2, 0) is 0 Å². The van der Waals surface area contributed by atoms with Crippen molar-refractivity contribution in [2.75, 3.05) is 6.54 Å². The summed E-state index contributed by atoms with van der Waals surface area (Å²) in [5.74, 6) is 0. The summed E-state index contributed by atoms with van der Waals surface area (Å²) < 4.78 is 0. The van der Waals surface area contributed by atoms with Crippen molar-refractivity contribution in [1.29, 1.82) is 0 Å². The van der Waals surface area contributed by atoms with E-state index >= 15 is 0 Å². The lowest BCUT2D eigenvalue weighted by Gasteiger charge is -2.01. The molecule has 0 aliphatic heterocycles. The molecule has 0 aromatic carbocycles. The van der Waals surface area contributed by atoms with Crippen molar-refractivity contribution in [1.82, 2.24) is 0 Å². The molecule has 0 spiro atoms. The minimum Gasteiger partial charge on any atom is -0.330 e. The minimum absolute atomic E-state index is 0.668. The van der Waals surface area contributed by atoms with E-state index in [-0.39, 0.29) is 0 Å². The van der Waals surface area contributed by atoms with Crippen molar-refractivity contribution in [3.8, 4) is 0 Å². The second-order valence-corrected chi connectivity index (χ2v) is 2.23. The molecule has 0 amide bonds. The quantitative estimate of drug-likeness (QED) is 0.589. The first-order valence-electron chi connectivity index (χ1n) is 3.40. The van der Waals surface area contributed by atoms with Crippen LogP contribution in [0.3, 0.4) is 0 Å². The molecule has 0 radical (unpaired) electrons. The molecule has 0 saturated heterocycles. The Balaban J connectivity index is 3.93. The Morgan fingerprint density at radius 3 is 2.60 bits per heavy atom. The number of hydrogen-bond acceptors (Lipinski definition) is 1. The van der Waals surface area contributed by atoms with Gasteiger partial charge in [-0.1, -0.05) is 30.9 Å². The summed E-state index contributed by atoms with van der Waals surface area (Å²) in [6, 6.07) is 0. The van der Waals surface area contributed by atoms with Crippen molar-refractivity contribution < 1.29 is 0 Å². The molecule has 0 rings (SSSR count). The molecular weight excluding hydrogens is 122 g/mol. The summed E-state index contributed by atoms with van der Waals surface area (Å²) in [7, 11) is 0. The highest BCUT2D eigenvalue weighted by Crippen LogP contribution is 2.09. The predicted molar refractivity (Wildman–Crippen MR) is 46.8 cm³/mol. The lowest BCUT2D eigenvalue weighted by Crippen LogP contribution is -2.00. The van der Waals surface area contributed by atoms with E-state index in [2.05, 4.69) is 13.2 Å². The average molecular weight is 137 g/mol. The molecule has 0 bridgehead atoms. The molecule has 56 valence electrons. The molecule has 0 aromatic rings. The molecule has 1 heteroatoms. The Morgan fingerprint density at radius 2 is 2.20 bits per heavy atom. The number of rotatable bonds is 4. The van der Waals surface area contributed by atoms with Gasteiger partial charge in [0, 0.05) is 0 Å². The van der Waals surface area contributed by atoms with E-state index in [1.165, 1.54) is 5.57 Å². The lowest BCUT2D eigenvalue weighted by molar-refractivity contribution is 0.960. The van der Waals surface area contributed by atoms with E-state index < -0.39 is 0 Å². The van der Waals surface area contributed by atoms with Gasteiger partial charge in [0.25, 0.3) is 0 Å². The Hall–Kier alpha value is -0.820. The maximum atomic E-state index is 5.35. The lowest BCUT2D eigenvalue weighted by atomic mass is 10.1. The Kier molecular flexibility index (Phi) is 4.59. The van der Waals surface area contributed by atoms with E-state index in [0.29, 0.717) is 6.54 Å². The van der Waals surface area contributed by atoms with Crippen LogP contribution in [0.25, 0.3) is 0 Å². The van der Waals surface area contributed by atoms with Crippen LogP contribution in [0.2, 0.25) is 0 Å². The van der Waals surface area contributed by atoms with Gasteiger partial charge < -0.3 is 5.73 Å². The van der Waals surface area contributed by atoms with E-state index in [4.69, 9.17) is 5.73 Å². The summed E-state index contributed by atoms with van der Waals surface area (Å²) in [5.41, 5.74) is 7.62. The van der Waals surface area contributed by atoms with Crippen LogP contribution < -0.4 is 5.73 Å². The molecule has 0 atom stereocenters. The number of nitrogens with two attached hydrogens (primary N) is 1. The van der Waals surface area contributed by atoms with Gasteiger partial charge >= 0.3 is 0 Å². The highest BCUT2D eigenvalue weighted by molar-refractivity contribution is 5.28. The summed E-state index contributed by atoms with van der Waals surface area (Å²) in [5, 5.41) is 0. The molecule has 0 unspecified atom stereocenters. The first-order chi connectivity index (χ1) is 4.72. The van der Waals surface area contributed by atoms with Crippen LogP contribution in [-0.4, -0.2) is 6.54 Å². The van der Waals surface area contributed by atoms with Crippen LogP contribution in [0.4, 0.5) is 0 Å². The molecule has 2 N–H and O–H groups in total. The third kappa shape index (κ3) is 3.25. The summed E-state index contributed by atoms with van der Waals surface area (Å²) in [6.45, 7) is 10.1. The third-order valence-corrected chi connectivity index (χ3v) is 1.37. The minimum atomic E-state index is 0.668. The highest BCUT2D eigenvalue weighted by atomic mass is 14.5. The summed E-state index contributed by atoms with van der Waals surface area (Å²) >= 11 is 0. The Bertz CT molecular complexity index is 154. The average Bonchev–Trinajstić information content (AvgIpc) is 1.89. The number of allylic oxidation sites excluding steroid dienone is 3. The second kappa shape index (κ2) is 5.00. The summed E-state index contributed by atoms with van der Waals surface area (Å²) in [6.07, 6.45) is 4.57. The summed E-state index contributed by atoms with van der Waals surface area (Å²) in [4.78, 5) is 0. The van der Waals surface area contributed by atoms with Gasteiger partial charge in [0.1, 0.15) is 0 Å². The second-order valence-electron chi connectivity index (χ2n) is 2.23. The van der Waals surface area contributed by atoms with E-state index in [1.54, 1.807) is 6.08 Å². The van der Waals surface area contributed by atoms with Crippen molar-refractivity contribution in [2.24, 2.45) is 5.73 Å². The maximum absolute atomic E-state index is 5.35. The van der Waals surface area contributed by atoms with Gasteiger partial charge in [-0.2, -0.15) is 0 Å². The van der Waals surface area contributed by atoms with Crippen molar-refractivity contribution in [3.63, 3.8) is 0 Å². The van der Waals surface area contributed by atoms with E-state index in [9.17, 15) is 0 Å². The van der Waals surface area contributed by atoms with E-state index in [1.807, 2.05) is 13.0 Å². The Labute approximate surface area is 62.9 Å². The fourth-order valence-electron chi connectivity index (χ4n) is 0.666. The molecule has 0 aliphatic carbocycles. The maximum Gasteiger partial charge on any atom is -0.00368 e. The van der Waals surface area contributed by atoms with Gasteiger partial charge in [-0.05, 0) is 25.5 Å². The highest BCUT2D eigenvalue weighted by Gasteiger charge is 1.92. The first-order valence-corrected chi connectivity index (χ1v) is 3.40. The van der Waals surface area contributed by atoms with Gasteiger partial charge in [-0.3, -0.25) is 0 Å². The van der Waals surface area contributed by atoms with E-state index in [0.717, 1.165) is 12.0 Å². The zero-order valence-electron chi connectivity index (χ0n) is 6.56. The molecule has 0 saturated carbocycles. The largest absolute Gasteiger partial charge is 0.330 e. The molecule has 0 aromatic heterocycles. The fourth-order valence-corrected chi connectivity index (χ4v) is 0.666. The van der Waals surface area contributed by atoms with Crippen LogP contribution in [0.15, 0.2) is 36.5 Å². The van der Waals surface area contributed by atoms with Gasteiger partial charge in [-0.25, -0.2) is 0 Å². The van der Waals surface area contributed by atoms with Crippen molar-refractivity contribution in [3.05, 3.63) is 36.5 Å². The fraction of sp³-hybridized carbons (Fsp3) is 0.333. The van der Waals surface area contributed by atoms with Gasteiger partial charge in [-0.15, -0.1) is 0 Å². The van der Waals surface area contributed by atoms with Gasteiger partial charge in [0.2, 0.25) is 0 Å². The van der Waals surface area contributed by atoms with Crippen LogP contribution in [0, 0.1) is 0 Å². The third-order valence-electron chi connectivity index (χ3n) is 1.37. The topological polar surface area (TPSA) is 26.0 Å². The van der Waals surface area contributed by atoms with Crippen LogP contribution >= 0.6 is 0 Å². The number of hydrogen-bond donors (Lipinski definition) is 1. The molecular formula is C9H15N. The normalized spacial score (nSPS) is 11.2. The SMILES string of the molecule is C=C/C=C(/C)C(=C)CCN. The monoisotopic (exact) mass is 137 g/mol. The van der Waals surface area contributed by atoms with Crippen LogP contribution in [0.5, 0.6) is 0 Å². The van der Waals surface area contributed by atoms with Gasteiger partial charge in [0.15, 0.2) is 0 Å². The zero-order valence-corrected chi connectivity index (χ0v) is 6.56. The molecule has 10 heavy (non-hydrogen) atoms. The predicted octanol–water partition coefficient (Wildman–Crippen LogP) is 2.02. The smallest absolute Gasteiger partial charge is 0.00368 e. The van der Waals surface area contributed by atoms with Crippen molar-refractivity contribution in [2.45, 2.75) is 13.3 Å².